The second-order valence-corrected chi connectivity index (χ2v) is 5.14. The molecule has 0 unspecified atom stereocenters. The highest BCUT2D eigenvalue weighted by molar-refractivity contribution is 6.02. The van der Waals surface area contributed by atoms with Gasteiger partial charge in [-0.3, -0.25) is 4.79 Å². The van der Waals surface area contributed by atoms with E-state index in [0.717, 1.165) is 5.69 Å². The van der Waals surface area contributed by atoms with Crippen molar-refractivity contribution in [1.29, 1.82) is 0 Å². The minimum atomic E-state index is -0.297. The summed E-state index contributed by atoms with van der Waals surface area (Å²) in [5, 5.41) is 5.89. The van der Waals surface area contributed by atoms with Crippen LogP contribution in [0.4, 0.5) is 17.3 Å². The third-order valence-corrected chi connectivity index (χ3v) is 3.35. The molecule has 6 heteroatoms. The zero-order valence-electron chi connectivity index (χ0n) is 13.8. The minimum absolute atomic E-state index is 0.273. The molecule has 0 bridgehead atoms. The standard InChI is InChI=1S/C19H18N4O2/c1-2-25-17-11-7-6-10-15(17)22-19-20-13-12-16(23-19)18(24)21-14-8-4-3-5-9-14/h3-13H,2H2,1H3,(H,21,24)(H,20,22,23). The third-order valence-electron chi connectivity index (χ3n) is 3.35. The molecule has 6 nitrogen and oxygen atoms in total. The first-order valence-electron chi connectivity index (χ1n) is 7.94. The minimum Gasteiger partial charge on any atom is -0.492 e. The first-order chi connectivity index (χ1) is 12.3. The van der Waals surface area contributed by atoms with E-state index in [1.807, 2.05) is 61.5 Å². The highest BCUT2D eigenvalue weighted by Crippen LogP contribution is 2.26. The molecule has 2 N–H and O–H groups in total. The normalized spacial score (nSPS) is 10.1. The topological polar surface area (TPSA) is 76.1 Å². The number of carbonyl (C=O) groups excluding carboxylic acids is 1. The summed E-state index contributed by atoms with van der Waals surface area (Å²) in [6.07, 6.45) is 1.54. The van der Waals surface area contributed by atoms with E-state index in [9.17, 15) is 4.79 Å². The van der Waals surface area contributed by atoms with Crippen LogP contribution in [0.15, 0.2) is 66.9 Å². The molecule has 0 spiro atoms. The lowest BCUT2D eigenvalue weighted by Crippen LogP contribution is -2.14. The first-order valence-corrected chi connectivity index (χ1v) is 7.94. The average Bonchev–Trinajstić information content (AvgIpc) is 2.65. The number of hydrogen-bond donors (Lipinski definition) is 2. The van der Waals surface area contributed by atoms with E-state index >= 15 is 0 Å². The number of ether oxygens (including phenoxy) is 1. The average molecular weight is 334 g/mol. The van der Waals surface area contributed by atoms with E-state index in [1.165, 1.54) is 0 Å². The number of nitrogens with one attached hydrogen (secondary N) is 2. The lowest BCUT2D eigenvalue weighted by Gasteiger charge is -2.11. The van der Waals surface area contributed by atoms with Crippen molar-refractivity contribution in [2.24, 2.45) is 0 Å². The van der Waals surface area contributed by atoms with Gasteiger partial charge in [0.2, 0.25) is 5.95 Å². The molecule has 0 saturated heterocycles. The summed E-state index contributed by atoms with van der Waals surface area (Å²) in [5.41, 5.74) is 1.72. The van der Waals surface area contributed by atoms with Gasteiger partial charge in [-0.1, -0.05) is 30.3 Å². The smallest absolute Gasteiger partial charge is 0.274 e. The molecule has 25 heavy (non-hydrogen) atoms. The molecule has 0 saturated carbocycles. The van der Waals surface area contributed by atoms with Crippen LogP contribution in [0.3, 0.4) is 0 Å². The molecule has 126 valence electrons. The lowest BCUT2D eigenvalue weighted by molar-refractivity contribution is 0.102. The number of nitrogens with zero attached hydrogens (tertiary/aromatic N) is 2. The van der Waals surface area contributed by atoms with E-state index in [1.54, 1.807) is 12.3 Å². The van der Waals surface area contributed by atoms with Crippen molar-refractivity contribution in [3.8, 4) is 5.75 Å². The zero-order valence-corrected chi connectivity index (χ0v) is 13.8. The molecule has 0 aliphatic carbocycles. The van der Waals surface area contributed by atoms with Crippen molar-refractivity contribution in [3.05, 3.63) is 72.6 Å². The molecule has 3 aromatic rings. The first kappa shape index (κ1) is 16.4. The Morgan fingerprint density at radius 3 is 2.60 bits per heavy atom. The Morgan fingerprint density at radius 2 is 1.80 bits per heavy atom. The second-order valence-electron chi connectivity index (χ2n) is 5.14. The molecule has 1 amide bonds. The Balaban J connectivity index is 1.77. The molecule has 0 radical (unpaired) electrons. The highest BCUT2D eigenvalue weighted by Gasteiger charge is 2.10. The molecule has 0 aliphatic heterocycles. The maximum Gasteiger partial charge on any atom is 0.274 e. The van der Waals surface area contributed by atoms with Gasteiger partial charge in [-0.2, -0.15) is 0 Å². The predicted molar refractivity (Wildman–Crippen MR) is 97.3 cm³/mol. The van der Waals surface area contributed by atoms with Gasteiger partial charge in [0, 0.05) is 11.9 Å². The van der Waals surface area contributed by atoms with Gasteiger partial charge in [0.05, 0.1) is 12.3 Å². The molecule has 1 heterocycles. The monoisotopic (exact) mass is 334 g/mol. The number of aromatic nitrogens is 2. The maximum atomic E-state index is 12.3. The summed E-state index contributed by atoms with van der Waals surface area (Å²) in [4.78, 5) is 20.8. The van der Waals surface area contributed by atoms with Gasteiger partial charge < -0.3 is 15.4 Å². The third kappa shape index (κ3) is 4.32. The largest absolute Gasteiger partial charge is 0.492 e. The van der Waals surface area contributed by atoms with E-state index in [-0.39, 0.29) is 11.6 Å². The van der Waals surface area contributed by atoms with Crippen LogP contribution in [0.25, 0.3) is 0 Å². The summed E-state index contributed by atoms with van der Waals surface area (Å²) >= 11 is 0. The summed E-state index contributed by atoms with van der Waals surface area (Å²) < 4.78 is 5.57. The summed E-state index contributed by atoms with van der Waals surface area (Å²) in [5.74, 6) is 0.732. The van der Waals surface area contributed by atoms with Gasteiger partial charge in [-0.25, -0.2) is 9.97 Å². The lowest BCUT2D eigenvalue weighted by atomic mass is 10.3. The Hall–Kier alpha value is -3.41. The number of para-hydroxylation sites is 3. The fraction of sp³-hybridized carbons (Fsp3) is 0.105. The van der Waals surface area contributed by atoms with Gasteiger partial charge in [0.15, 0.2) is 0 Å². The molecule has 1 aromatic heterocycles. The van der Waals surface area contributed by atoms with Gasteiger partial charge in [-0.15, -0.1) is 0 Å². The Bertz CT molecular complexity index is 853. The van der Waals surface area contributed by atoms with Crippen LogP contribution in [0.1, 0.15) is 17.4 Å². The molecule has 3 rings (SSSR count). The van der Waals surface area contributed by atoms with E-state index in [0.29, 0.717) is 24.0 Å². The molecule has 2 aromatic carbocycles. The number of anilines is 3. The van der Waals surface area contributed by atoms with Crippen molar-refractivity contribution >= 4 is 23.2 Å². The van der Waals surface area contributed by atoms with Crippen LogP contribution in [0.2, 0.25) is 0 Å². The summed E-state index contributed by atoms with van der Waals surface area (Å²) in [7, 11) is 0. The number of hydrogen-bond acceptors (Lipinski definition) is 5. The van der Waals surface area contributed by atoms with Crippen LogP contribution >= 0.6 is 0 Å². The van der Waals surface area contributed by atoms with Crippen LogP contribution in [0.5, 0.6) is 5.75 Å². The van der Waals surface area contributed by atoms with Crippen LogP contribution in [-0.4, -0.2) is 22.5 Å². The maximum absolute atomic E-state index is 12.3. The van der Waals surface area contributed by atoms with Gasteiger partial charge in [0.25, 0.3) is 5.91 Å². The molecular formula is C19H18N4O2. The van der Waals surface area contributed by atoms with Gasteiger partial charge in [0.1, 0.15) is 11.4 Å². The van der Waals surface area contributed by atoms with Crippen molar-refractivity contribution in [1.82, 2.24) is 9.97 Å². The molecule has 0 aliphatic rings. The van der Waals surface area contributed by atoms with E-state index in [2.05, 4.69) is 20.6 Å². The van der Waals surface area contributed by atoms with Gasteiger partial charge in [-0.05, 0) is 37.3 Å². The van der Waals surface area contributed by atoms with E-state index in [4.69, 9.17) is 4.74 Å². The predicted octanol–water partition coefficient (Wildman–Crippen LogP) is 3.87. The second kappa shape index (κ2) is 7.92. The summed E-state index contributed by atoms with van der Waals surface area (Å²) in [6, 6.07) is 18.3. The molecule has 0 atom stereocenters. The van der Waals surface area contributed by atoms with Gasteiger partial charge >= 0.3 is 0 Å². The SMILES string of the molecule is CCOc1ccccc1Nc1nccc(C(=O)Nc2ccccc2)n1. The number of carbonyl (C=O) groups is 1. The van der Waals surface area contributed by atoms with E-state index < -0.39 is 0 Å². The fourth-order valence-corrected chi connectivity index (χ4v) is 2.23. The highest BCUT2D eigenvalue weighted by atomic mass is 16.5. The number of rotatable bonds is 6. The number of benzene rings is 2. The number of amides is 1. The molecular weight excluding hydrogens is 316 g/mol. The van der Waals surface area contributed by atoms with Crippen molar-refractivity contribution in [2.45, 2.75) is 6.92 Å². The van der Waals surface area contributed by atoms with Crippen LogP contribution in [0, 0.1) is 0 Å². The quantitative estimate of drug-likeness (QED) is 0.715. The fourth-order valence-electron chi connectivity index (χ4n) is 2.23. The zero-order chi connectivity index (χ0) is 17.5. The van der Waals surface area contributed by atoms with Crippen molar-refractivity contribution in [3.63, 3.8) is 0 Å². The Labute approximate surface area is 145 Å². The van der Waals surface area contributed by atoms with Crippen molar-refractivity contribution < 1.29 is 9.53 Å². The van der Waals surface area contributed by atoms with Crippen molar-refractivity contribution in [2.75, 3.05) is 17.2 Å². The van der Waals surface area contributed by atoms with Crippen LogP contribution in [-0.2, 0) is 0 Å². The van der Waals surface area contributed by atoms with Crippen LogP contribution < -0.4 is 15.4 Å². The molecule has 0 fully saturated rings. The Morgan fingerprint density at radius 1 is 1.04 bits per heavy atom. The Kier molecular flexibility index (Phi) is 5.21. The summed E-state index contributed by atoms with van der Waals surface area (Å²) in [6.45, 7) is 2.47.